The zero-order valence-electron chi connectivity index (χ0n) is 11.1. The number of carbonyl (C=O) groups is 1. The van der Waals surface area contributed by atoms with Crippen molar-refractivity contribution in [2.24, 2.45) is 0 Å². The number of ether oxygens (including phenoxy) is 1. The molecule has 1 aromatic rings. The van der Waals surface area contributed by atoms with Crippen LogP contribution in [0.1, 0.15) is 26.3 Å². The molecule has 0 bridgehead atoms. The van der Waals surface area contributed by atoms with Gasteiger partial charge in [-0.15, -0.1) is 0 Å². The van der Waals surface area contributed by atoms with Crippen LogP contribution in [0.15, 0.2) is 12.3 Å². The molecule has 0 aliphatic rings. The molecule has 0 radical (unpaired) electrons. The van der Waals surface area contributed by atoms with Crippen LogP contribution < -0.4 is 11.1 Å². The maximum atomic E-state index is 11.3. The predicted molar refractivity (Wildman–Crippen MR) is 74.8 cm³/mol. The van der Waals surface area contributed by atoms with Crippen molar-refractivity contribution in [1.82, 2.24) is 10.3 Å². The molecule has 0 saturated heterocycles. The summed E-state index contributed by atoms with van der Waals surface area (Å²) in [5.74, 6) is 5.55. The molecular formula is C13H16ClN3O2. The summed E-state index contributed by atoms with van der Waals surface area (Å²) in [6.07, 6.45) is 0.974. The second kappa shape index (κ2) is 6.30. The Balaban J connectivity index is 2.50. The standard InChI is InChI=1S/C13H16ClN3O2/c1-13(2,3)19-12(18)16-6-4-5-9-8-17-11(14)7-10(9)15/h7-8H,6H2,1-3H3,(H2,15,17)(H,16,18). The molecule has 0 fully saturated rings. The zero-order chi connectivity index (χ0) is 14.5. The summed E-state index contributed by atoms with van der Waals surface area (Å²) < 4.78 is 5.06. The van der Waals surface area contributed by atoms with E-state index in [2.05, 4.69) is 22.1 Å². The van der Waals surface area contributed by atoms with Crippen molar-refractivity contribution in [3.05, 3.63) is 23.0 Å². The molecule has 1 heterocycles. The van der Waals surface area contributed by atoms with Gasteiger partial charge in [0.25, 0.3) is 0 Å². The average Bonchev–Trinajstić information content (AvgIpc) is 2.24. The number of anilines is 1. The Morgan fingerprint density at radius 2 is 2.26 bits per heavy atom. The van der Waals surface area contributed by atoms with Crippen LogP contribution in [0.2, 0.25) is 5.15 Å². The first kappa shape index (κ1) is 15.1. The molecule has 0 unspecified atom stereocenters. The number of hydrogen-bond acceptors (Lipinski definition) is 4. The molecule has 0 atom stereocenters. The van der Waals surface area contributed by atoms with E-state index in [4.69, 9.17) is 22.1 Å². The van der Waals surface area contributed by atoms with E-state index in [-0.39, 0.29) is 6.54 Å². The van der Waals surface area contributed by atoms with E-state index < -0.39 is 11.7 Å². The van der Waals surface area contributed by atoms with Crippen LogP contribution in [0.25, 0.3) is 0 Å². The first-order valence-electron chi connectivity index (χ1n) is 5.64. The van der Waals surface area contributed by atoms with E-state index in [1.807, 2.05) is 0 Å². The lowest BCUT2D eigenvalue weighted by Crippen LogP contribution is -2.32. The van der Waals surface area contributed by atoms with Crippen molar-refractivity contribution in [2.45, 2.75) is 26.4 Å². The van der Waals surface area contributed by atoms with Crippen LogP contribution >= 0.6 is 11.6 Å². The van der Waals surface area contributed by atoms with E-state index in [0.717, 1.165) is 0 Å². The maximum Gasteiger partial charge on any atom is 0.408 e. The van der Waals surface area contributed by atoms with E-state index in [9.17, 15) is 4.79 Å². The smallest absolute Gasteiger partial charge is 0.408 e. The molecule has 0 spiro atoms. The van der Waals surface area contributed by atoms with E-state index in [1.54, 1.807) is 20.8 Å². The van der Waals surface area contributed by atoms with Gasteiger partial charge >= 0.3 is 6.09 Å². The number of amides is 1. The van der Waals surface area contributed by atoms with Gasteiger partial charge in [-0.3, -0.25) is 0 Å². The van der Waals surface area contributed by atoms with E-state index in [1.165, 1.54) is 12.3 Å². The fourth-order valence-electron chi connectivity index (χ4n) is 1.12. The highest BCUT2D eigenvalue weighted by atomic mass is 35.5. The molecule has 0 saturated carbocycles. The van der Waals surface area contributed by atoms with Crippen LogP contribution in [-0.2, 0) is 4.74 Å². The molecular weight excluding hydrogens is 266 g/mol. The number of nitrogen functional groups attached to an aromatic ring is 1. The average molecular weight is 282 g/mol. The van der Waals surface area contributed by atoms with Crippen molar-refractivity contribution in [3.8, 4) is 11.8 Å². The number of rotatable bonds is 1. The van der Waals surface area contributed by atoms with Crippen molar-refractivity contribution in [3.63, 3.8) is 0 Å². The third-order valence-corrected chi connectivity index (χ3v) is 2.05. The van der Waals surface area contributed by atoms with Gasteiger partial charge in [-0.1, -0.05) is 23.4 Å². The molecule has 19 heavy (non-hydrogen) atoms. The molecule has 1 amide bonds. The number of hydrogen-bond donors (Lipinski definition) is 2. The number of pyridine rings is 1. The topological polar surface area (TPSA) is 77.2 Å². The number of nitrogens with one attached hydrogen (secondary N) is 1. The SMILES string of the molecule is CC(C)(C)OC(=O)NCC#Cc1cnc(Cl)cc1N. The second-order valence-corrected chi connectivity index (χ2v) is 5.14. The largest absolute Gasteiger partial charge is 0.444 e. The maximum absolute atomic E-state index is 11.3. The Labute approximate surface area is 117 Å². The van der Waals surface area contributed by atoms with Crippen LogP contribution in [0, 0.1) is 11.8 Å². The van der Waals surface area contributed by atoms with Crippen LogP contribution in [0.4, 0.5) is 10.5 Å². The molecule has 3 N–H and O–H groups in total. The highest BCUT2D eigenvalue weighted by Crippen LogP contribution is 2.13. The Morgan fingerprint density at radius 1 is 1.58 bits per heavy atom. The molecule has 102 valence electrons. The quantitative estimate of drug-likeness (QED) is 0.611. The Morgan fingerprint density at radius 3 is 2.84 bits per heavy atom. The van der Waals surface area contributed by atoms with Crippen LogP contribution in [0.3, 0.4) is 0 Å². The van der Waals surface area contributed by atoms with Gasteiger partial charge < -0.3 is 15.8 Å². The van der Waals surface area contributed by atoms with Gasteiger partial charge in [0.15, 0.2) is 0 Å². The minimum atomic E-state index is -0.526. The van der Waals surface area contributed by atoms with Crippen LogP contribution in [-0.4, -0.2) is 23.2 Å². The van der Waals surface area contributed by atoms with Gasteiger partial charge in [0.05, 0.1) is 17.8 Å². The normalized spacial score (nSPS) is 10.3. The molecule has 1 rings (SSSR count). The lowest BCUT2D eigenvalue weighted by molar-refractivity contribution is 0.0535. The summed E-state index contributed by atoms with van der Waals surface area (Å²) in [5.41, 5.74) is 6.20. The lowest BCUT2D eigenvalue weighted by Gasteiger charge is -2.18. The fraction of sp³-hybridized carbons (Fsp3) is 0.385. The van der Waals surface area contributed by atoms with Gasteiger partial charge in [0.2, 0.25) is 0 Å². The fourth-order valence-corrected chi connectivity index (χ4v) is 1.28. The lowest BCUT2D eigenvalue weighted by atomic mass is 10.2. The minimum absolute atomic E-state index is 0.164. The predicted octanol–water partition coefficient (Wildman–Crippen LogP) is 2.19. The van der Waals surface area contributed by atoms with Crippen molar-refractivity contribution >= 4 is 23.4 Å². The van der Waals surface area contributed by atoms with Crippen molar-refractivity contribution < 1.29 is 9.53 Å². The molecule has 0 aliphatic heterocycles. The first-order chi connectivity index (χ1) is 8.78. The number of alkyl carbamates (subject to hydrolysis) is 1. The van der Waals surface area contributed by atoms with E-state index >= 15 is 0 Å². The van der Waals surface area contributed by atoms with Gasteiger partial charge in [0, 0.05) is 6.20 Å². The van der Waals surface area contributed by atoms with Crippen LogP contribution in [0.5, 0.6) is 0 Å². The molecule has 0 aromatic carbocycles. The highest BCUT2D eigenvalue weighted by molar-refractivity contribution is 6.29. The van der Waals surface area contributed by atoms with Crippen molar-refractivity contribution in [1.29, 1.82) is 0 Å². The van der Waals surface area contributed by atoms with Gasteiger partial charge in [-0.05, 0) is 26.8 Å². The second-order valence-electron chi connectivity index (χ2n) is 4.75. The van der Waals surface area contributed by atoms with Crippen molar-refractivity contribution in [2.75, 3.05) is 12.3 Å². The van der Waals surface area contributed by atoms with Gasteiger partial charge in [-0.2, -0.15) is 0 Å². The number of halogens is 1. The number of aromatic nitrogens is 1. The molecule has 5 nitrogen and oxygen atoms in total. The highest BCUT2D eigenvalue weighted by Gasteiger charge is 2.14. The Bertz CT molecular complexity index is 527. The molecule has 0 aliphatic carbocycles. The summed E-state index contributed by atoms with van der Waals surface area (Å²) in [5, 5.41) is 2.83. The number of carbonyl (C=O) groups excluding carboxylic acids is 1. The summed E-state index contributed by atoms with van der Waals surface area (Å²) in [4.78, 5) is 15.2. The zero-order valence-corrected chi connectivity index (χ0v) is 11.8. The third-order valence-electron chi connectivity index (χ3n) is 1.85. The summed E-state index contributed by atoms with van der Waals surface area (Å²) in [6, 6.07) is 1.52. The first-order valence-corrected chi connectivity index (χ1v) is 6.02. The summed E-state index contributed by atoms with van der Waals surface area (Å²) in [6.45, 7) is 5.53. The summed E-state index contributed by atoms with van der Waals surface area (Å²) >= 11 is 5.67. The third kappa shape index (κ3) is 5.98. The van der Waals surface area contributed by atoms with E-state index in [0.29, 0.717) is 16.4 Å². The molecule has 6 heteroatoms. The number of nitrogens with two attached hydrogens (primary N) is 1. The number of nitrogens with zero attached hydrogens (tertiary/aromatic N) is 1. The van der Waals surface area contributed by atoms with Gasteiger partial charge in [0.1, 0.15) is 10.8 Å². The molecule has 1 aromatic heterocycles. The Hall–Kier alpha value is -1.93. The Kier molecular flexibility index (Phi) is 5.02. The minimum Gasteiger partial charge on any atom is -0.444 e. The monoisotopic (exact) mass is 281 g/mol. The summed E-state index contributed by atoms with van der Waals surface area (Å²) in [7, 11) is 0. The van der Waals surface area contributed by atoms with Gasteiger partial charge in [-0.25, -0.2) is 9.78 Å².